The minimum Gasteiger partial charge on any atom is -0.497 e. The Morgan fingerprint density at radius 3 is 2.93 bits per heavy atom. The lowest BCUT2D eigenvalue weighted by Gasteiger charge is -2.16. The normalized spacial score (nSPS) is 18.0. The number of hydrogen-bond donors (Lipinski definition) is 0. The number of rotatable bonds is 4. The van der Waals surface area contributed by atoms with Gasteiger partial charge < -0.3 is 23.6 Å². The molecular weight excluding hydrogens is 362 g/mol. The number of methoxy groups -OCH3 is 1. The van der Waals surface area contributed by atoms with E-state index in [1.54, 1.807) is 12.0 Å². The standard InChI is InChI=1S/C20H17N3O5/c1-25-15-4-2-3-12(7-15)20-21-19(22-28-20)13-8-18(24)23(10-13)14-5-6-16-17(9-14)27-11-26-16/h2-7,9,13H,8,10-11H2,1H3. The number of aromatic nitrogens is 2. The van der Waals surface area contributed by atoms with Crippen LogP contribution in [0.4, 0.5) is 5.69 Å². The molecule has 2 aliphatic heterocycles. The highest BCUT2D eigenvalue weighted by molar-refractivity contribution is 5.96. The Labute approximate surface area is 160 Å². The van der Waals surface area contributed by atoms with Crippen LogP contribution in [-0.2, 0) is 4.79 Å². The molecule has 1 unspecified atom stereocenters. The number of nitrogens with zero attached hydrogens (tertiary/aromatic N) is 3. The van der Waals surface area contributed by atoms with E-state index in [9.17, 15) is 4.79 Å². The van der Waals surface area contributed by atoms with Crippen LogP contribution in [0.1, 0.15) is 18.2 Å². The molecule has 0 aliphatic carbocycles. The summed E-state index contributed by atoms with van der Waals surface area (Å²) in [6.45, 7) is 0.681. The molecule has 1 amide bonds. The summed E-state index contributed by atoms with van der Waals surface area (Å²) < 4.78 is 21.4. The number of ether oxygens (including phenoxy) is 3. The van der Waals surface area contributed by atoms with Gasteiger partial charge in [-0.1, -0.05) is 11.2 Å². The van der Waals surface area contributed by atoms with Crippen molar-refractivity contribution in [1.29, 1.82) is 0 Å². The number of hydrogen-bond acceptors (Lipinski definition) is 7. The molecule has 1 atom stereocenters. The van der Waals surface area contributed by atoms with Crippen LogP contribution in [0.2, 0.25) is 0 Å². The van der Waals surface area contributed by atoms with Crippen molar-refractivity contribution in [3.8, 4) is 28.7 Å². The molecular formula is C20H17N3O5. The van der Waals surface area contributed by atoms with Gasteiger partial charge in [0, 0.05) is 36.2 Å². The summed E-state index contributed by atoms with van der Waals surface area (Å²) >= 11 is 0. The molecule has 142 valence electrons. The average Bonchev–Trinajstić information content (AvgIpc) is 3.46. The van der Waals surface area contributed by atoms with Crippen LogP contribution in [0.3, 0.4) is 0 Å². The first-order valence-electron chi connectivity index (χ1n) is 8.89. The maximum absolute atomic E-state index is 12.6. The Bertz CT molecular complexity index is 1050. The van der Waals surface area contributed by atoms with Crippen LogP contribution in [0.5, 0.6) is 17.2 Å². The fourth-order valence-electron chi connectivity index (χ4n) is 3.46. The predicted molar refractivity (Wildman–Crippen MR) is 98.6 cm³/mol. The van der Waals surface area contributed by atoms with E-state index < -0.39 is 0 Å². The molecule has 1 saturated heterocycles. The number of benzene rings is 2. The second kappa shape index (κ2) is 6.56. The van der Waals surface area contributed by atoms with E-state index in [1.165, 1.54) is 0 Å². The Kier molecular flexibility index (Phi) is 3.89. The molecule has 0 bridgehead atoms. The molecule has 3 aromatic rings. The monoisotopic (exact) mass is 379 g/mol. The third kappa shape index (κ3) is 2.83. The molecule has 5 rings (SSSR count). The van der Waals surface area contributed by atoms with Gasteiger partial charge in [-0.05, 0) is 30.3 Å². The Morgan fingerprint density at radius 2 is 2.04 bits per heavy atom. The summed E-state index contributed by atoms with van der Waals surface area (Å²) in [6, 6.07) is 12.9. The van der Waals surface area contributed by atoms with E-state index >= 15 is 0 Å². The highest BCUT2D eigenvalue weighted by atomic mass is 16.7. The minimum absolute atomic E-state index is 0.0107. The number of amides is 1. The molecule has 0 radical (unpaired) electrons. The van der Waals surface area contributed by atoms with Gasteiger partial charge >= 0.3 is 0 Å². The summed E-state index contributed by atoms with van der Waals surface area (Å²) in [6.07, 6.45) is 0.325. The van der Waals surface area contributed by atoms with Crippen molar-refractivity contribution in [2.45, 2.75) is 12.3 Å². The van der Waals surface area contributed by atoms with E-state index in [1.807, 2.05) is 42.5 Å². The Hall–Kier alpha value is -3.55. The van der Waals surface area contributed by atoms with Gasteiger partial charge in [-0.15, -0.1) is 0 Å². The van der Waals surface area contributed by atoms with Gasteiger partial charge in [-0.3, -0.25) is 4.79 Å². The third-order valence-corrected chi connectivity index (χ3v) is 4.92. The fraction of sp³-hybridized carbons (Fsp3) is 0.250. The summed E-state index contributed by atoms with van der Waals surface area (Å²) in [7, 11) is 1.60. The molecule has 1 aromatic heterocycles. The SMILES string of the molecule is COc1cccc(-c2nc(C3CC(=O)N(c4ccc5c(c4)OCO5)C3)no2)c1. The second-order valence-electron chi connectivity index (χ2n) is 6.63. The quantitative estimate of drug-likeness (QED) is 0.689. The molecule has 2 aliphatic rings. The van der Waals surface area contributed by atoms with E-state index in [0.717, 1.165) is 11.3 Å². The fourth-order valence-corrected chi connectivity index (χ4v) is 3.46. The zero-order chi connectivity index (χ0) is 19.1. The largest absolute Gasteiger partial charge is 0.497 e. The number of anilines is 1. The number of carbonyl (C=O) groups is 1. The first-order valence-corrected chi connectivity index (χ1v) is 8.89. The summed E-state index contributed by atoms with van der Waals surface area (Å²) in [4.78, 5) is 18.8. The molecule has 28 heavy (non-hydrogen) atoms. The smallest absolute Gasteiger partial charge is 0.258 e. The van der Waals surface area contributed by atoms with E-state index in [-0.39, 0.29) is 18.6 Å². The molecule has 2 aromatic carbocycles. The van der Waals surface area contributed by atoms with Crippen molar-refractivity contribution in [3.63, 3.8) is 0 Å². The minimum atomic E-state index is -0.138. The van der Waals surface area contributed by atoms with Crippen molar-refractivity contribution in [3.05, 3.63) is 48.3 Å². The lowest BCUT2D eigenvalue weighted by molar-refractivity contribution is -0.117. The van der Waals surface area contributed by atoms with Crippen LogP contribution < -0.4 is 19.1 Å². The van der Waals surface area contributed by atoms with E-state index in [4.69, 9.17) is 18.7 Å². The lowest BCUT2D eigenvalue weighted by Crippen LogP contribution is -2.24. The third-order valence-electron chi connectivity index (χ3n) is 4.92. The highest BCUT2D eigenvalue weighted by Crippen LogP contribution is 2.38. The van der Waals surface area contributed by atoms with Gasteiger partial charge in [-0.25, -0.2) is 0 Å². The summed E-state index contributed by atoms with van der Waals surface area (Å²) in [5.41, 5.74) is 1.54. The zero-order valence-corrected chi connectivity index (χ0v) is 15.1. The predicted octanol–water partition coefficient (Wildman–Crippen LogP) is 2.99. The van der Waals surface area contributed by atoms with Crippen molar-refractivity contribution < 1.29 is 23.5 Å². The van der Waals surface area contributed by atoms with Gasteiger partial charge in [0.15, 0.2) is 17.3 Å². The van der Waals surface area contributed by atoms with Gasteiger partial charge in [0.2, 0.25) is 12.7 Å². The average molecular weight is 379 g/mol. The number of carbonyl (C=O) groups excluding carboxylic acids is 1. The van der Waals surface area contributed by atoms with Gasteiger partial charge in [0.1, 0.15) is 5.75 Å². The summed E-state index contributed by atoms with van der Waals surface area (Å²) in [5, 5.41) is 4.10. The Morgan fingerprint density at radius 1 is 1.14 bits per heavy atom. The topological polar surface area (TPSA) is 86.9 Å². The van der Waals surface area contributed by atoms with Crippen LogP contribution in [-0.4, -0.2) is 36.5 Å². The molecule has 0 saturated carbocycles. The Balaban J connectivity index is 1.37. The van der Waals surface area contributed by atoms with Crippen LogP contribution in [0.25, 0.3) is 11.5 Å². The molecule has 0 N–H and O–H groups in total. The van der Waals surface area contributed by atoms with Crippen molar-refractivity contribution in [2.24, 2.45) is 0 Å². The maximum Gasteiger partial charge on any atom is 0.258 e. The van der Waals surface area contributed by atoms with Crippen LogP contribution >= 0.6 is 0 Å². The molecule has 3 heterocycles. The zero-order valence-electron chi connectivity index (χ0n) is 15.1. The number of fused-ring (bicyclic) bond motifs is 1. The maximum atomic E-state index is 12.6. The molecule has 8 nitrogen and oxygen atoms in total. The lowest BCUT2D eigenvalue weighted by atomic mass is 10.1. The first kappa shape index (κ1) is 16.6. The van der Waals surface area contributed by atoms with Crippen molar-refractivity contribution >= 4 is 11.6 Å². The van der Waals surface area contributed by atoms with Crippen molar-refractivity contribution in [2.75, 3.05) is 25.3 Å². The van der Waals surface area contributed by atoms with E-state index in [0.29, 0.717) is 41.9 Å². The van der Waals surface area contributed by atoms with Crippen molar-refractivity contribution in [1.82, 2.24) is 10.1 Å². The second-order valence-corrected chi connectivity index (χ2v) is 6.63. The molecule has 0 spiro atoms. The van der Waals surface area contributed by atoms with Gasteiger partial charge in [0.25, 0.3) is 5.89 Å². The molecule has 1 fully saturated rings. The van der Waals surface area contributed by atoms with Gasteiger partial charge in [-0.2, -0.15) is 4.98 Å². The molecule has 8 heteroatoms. The first-order chi connectivity index (χ1) is 13.7. The van der Waals surface area contributed by atoms with Gasteiger partial charge in [0.05, 0.1) is 7.11 Å². The van der Waals surface area contributed by atoms with Crippen LogP contribution in [0.15, 0.2) is 47.0 Å². The highest BCUT2D eigenvalue weighted by Gasteiger charge is 2.35. The summed E-state index contributed by atoms with van der Waals surface area (Å²) in [5.74, 6) is 2.85. The van der Waals surface area contributed by atoms with Crippen LogP contribution in [0, 0.1) is 0 Å². The van der Waals surface area contributed by atoms with E-state index in [2.05, 4.69) is 10.1 Å².